The quantitative estimate of drug-likeness (QED) is 0.678. The molecule has 3 fully saturated rings. The second-order valence-corrected chi connectivity index (χ2v) is 6.62. The van der Waals surface area contributed by atoms with Gasteiger partial charge in [-0.3, -0.25) is 14.5 Å². The maximum absolute atomic E-state index is 12.8. The Morgan fingerprint density at radius 2 is 1.68 bits per heavy atom. The standard InChI is InChI=1S/C15H24N2O2/c1-16-9-7-15(8-10-16)11-13(18)17(14(15)19)12-5-3-2-4-6-12/h12H,2-11H2,1H3. The highest BCUT2D eigenvalue weighted by Gasteiger charge is 2.53. The van der Waals surface area contributed by atoms with Crippen molar-refractivity contribution in [2.24, 2.45) is 5.41 Å². The summed E-state index contributed by atoms with van der Waals surface area (Å²) >= 11 is 0. The molecule has 0 N–H and O–H groups in total. The maximum atomic E-state index is 12.8. The first kappa shape index (κ1) is 13.1. The normalized spacial score (nSPS) is 29.4. The van der Waals surface area contributed by atoms with Crippen LogP contribution in [0.3, 0.4) is 0 Å². The van der Waals surface area contributed by atoms with E-state index in [0.717, 1.165) is 51.6 Å². The van der Waals surface area contributed by atoms with Gasteiger partial charge in [0.25, 0.3) is 0 Å². The molecule has 4 heteroatoms. The van der Waals surface area contributed by atoms with Gasteiger partial charge in [-0.25, -0.2) is 0 Å². The zero-order chi connectivity index (χ0) is 13.5. The first-order valence-corrected chi connectivity index (χ1v) is 7.67. The van der Waals surface area contributed by atoms with E-state index < -0.39 is 0 Å². The fourth-order valence-corrected chi connectivity index (χ4v) is 3.96. The maximum Gasteiger partial charge on any atom is 0.236 e. The minimum absolute atomic E-state index is 0.0986. The number of carbonyl (C=O) groups excluding carboxylic acids is 2. The van der Waals surface area contributed by atoms with Gasteiger partial charge in [-0.05, 0) is 45.8 Å². The van der Waals surface area contributed by atoms with Crippen LogP contribution < -0.4 is 0 Å². The van der Waals surface area contributed by atoms with Gasteiger partial charge in [-0.2, -0.15) is 0 Å². The van der Waals surface area contributed by atoms with Crippen molar-refractivity contribution in [3.63, 3.8) is 0 Å². The molecule has 4 nitrogen and oxygen atoms in total. The number of amides is 2. The van der Waals surface area contributed by atoms with Gasteiger partial charge < -0.3 is 4.90 Å². The molecule has 0 aromatic carbocycles. The van der Waals surface area contributed by atoms with Crippen molar-refractivity contribution in [1.29, 1.82) is 0 Å². The summed E-state index contributed by atoms with van der Waals surface area (Å²) in [6.45, 7) is 1.88. The van der Waals surface area contributed by atoms with Crippen LogP contribution in [0.4, 0.5) is 0 Å². The molecule has 0 aromatic rings. The van der Waals surface area contributed by atoms with Gasteiger partial charge in [0.05, 0.1) is 5.41 Å². The smallest absolute Gasteiger partial charge is 0.236 e. The Bertz CT molecular complexity index is 380. The second-order valence-electron chi connectivity index (χ2n) is 6.62. The van der Waals surface area contributed by atoms with Crippen LogP contribution in [-0.4, -0.2) is 47.8 Å². The number of nitrogens with zero attached hydrogens (tertiary/aromatic N) is 2. The lowest BCUT2D eigenvalue weighted by Gasteiger charge is -2.37. The van der Waals surface area contributed by atoms with E-state index in [1.54, 1.807) is 4.90 Å². The SMILES string of the molecule is CN1CCC2(CC1)CC(=O)N(C1CCCCC1)C2=O. The second kappa shape index (κ2) is 4.89. The van der Waals surface area contributed by atoms with Crippen molar-refractivity contribution in [2.45, 2.75) is 57.4 Å². The minimum atomic E-state index is -0.346. The summed E-state index contributed by atoms with van der Waals surface area (Å²) in [6.07, 6.45) is 7.81. The van der Waals surface area contributed by atoms with E-state index in [2.05, 4.69) is 11.9 Å². The van der Waals surface area contributed by atoms with Crippen LogP contribution >= 0.6 is 0 Å². The van der Waals surface area contributed by atoms with Crippen molar-refractivity contribution in [3.8, 4) is 0 Å². The Morgan fingerprint density at radius 3 is 2.32 bits per heavy atom. The molecule has 1 aliphatic carbocycles. The van der Waals surface area contributed by atoms with Gasteiger partial charge >= 0.3 is 0 Å². The molecule has 2 heterocycles. The molecular weight excluding hydrogens is 240 g/mol. The van der Waals surface area contributed by atoms with Gasteiger partial charge in [0.1, 0.15) is 0 Å². The zero-order valence-corrected chi connectivity index (χ0v) is 11.9. The summed E-state index contributed by atoms with van der Waals surface area (Å²) in [6, 6.07) is 0.202. The van der Waals surface area contributed by atoms with Gasteiger partial charge in [-0.15, -0.1) is 0 Å². The molecule has 2 aliphatic heterocycles. The molecule has 2 amide bonds. The van der Waals surface area contributed by atoms with E-state index in [4.69, 9.17) is 0 Å². The van der Waals surface area contributed by atoms with Crippen molar-refractivity contribution in [3.05, 3.63) is 0 Å². The van der Waals surface area contributed by atoms with Crippen LogP contribution in [0.2, 0.25) is 0 Å². The van der Waals surface area contributed by atoms with Gasteiger partial charge in [-0.1, -0.05) is 19.3 Å². The average Bonchev–Trinajstić information content (AvgIpc) is 2.66. The Hall–Kier alpha value is -0.900. The molecule has 2 saturated heterocycles. The molecule has 0 atom stereocenters. The number of rotatable bonds is 1. The van der Waals surface area contributed by atoms with Crippen LogP contribution in [-0.2, 0) is 9.59 Å². The van der Waals surface area contributed by atoms with Crippen molar-refractivity contribution in [1.82, 2.24) is 9.80 Å². The average molecular weight is 264 g/mol. The number of piperidine rings is 1. The topological polar surface area (TPSA) is 40.6 Å². The van der Waals surface area contributed by atoms with Gasteiger partial charge in [0, 0.05) is 12.5 Å². The fourth-order valence-electron chi connectivity index (χ4n) is 3.96. The predicted octanol–water partition coefficient (Wildman–Crippen LogP) is 1.79. The monoisotopic (exact) mass is 264 g/mol. The van der Waals surface area contributed by atoms with Crippen LogP contribution in [0.25, 0.3) is 0 Å². The lowest BCUT2D eigenvalue weighted by Crippen LogP contribution is -2.46. The highest BCUT2D eigenvalue weighted by molar-refractivity contribution is 6.06. The lowest BCUT2D eigenvalue weighted by molar-refractivity contribution is -0.145. The summed E-state index contributed by atoms with van der Waals surface area (Å²) in [5, 5.41) is 0. The molecule has 0 aromatic heterocycles. The molecule has 0 radical (unpaired) electrons. The molecule has 0 bridgehead atoms. The van der Waals surface area contributed by atoms with Crippen LogP contribution in [0.5, 0.6) is 0 Å². The lowest BCUT2D eigenvalue weighted by atomic mass is 9.77. The molecular formula is C15H24N2O2. The van der Waals surface area contributed by atoms with Gasteiger partial charge in [0.2, 0.25) is 11.8 Å². The molecule has 0 unspecified atom stereocenters. The summed E-state index contributed by atoms with van der Waals surface area (Å²) in [7, 11) is 2.09. The zero-order valence-electron chi connectivity index (χ0n) is 11.9. The number of hydrogen-bond donors (Lipinski definition) is 0. The van der Waals surface area contributed by atoms with E-state index in [1.807, 2.05) is 0 Å². The van der Waals surface area contributed by atoms with Crippen molar-refractivity contribution >= 4 is 11.8 Å². The Labute approximate surface area is 115 Å². The molecule has 106 valence electrons. The molecule has 1 spiro atoms. The Balaban J connectivity index is 1.77. The third-order valence-corrected chi connectivity index (χ3v) is 5.31. The number of likely N-dealkylation sites (tertiary alicyclic amines) is 2. The van der Waals surface area contributed by atoms with Crippen LogP contribution in [0, 0.1) is 5.41 Å². The van der Waals surface area contributed by atoms with E-state index in [-0.39, 0.29) is 23.3 Å². The minimum Gasteiger partial charge on any atom is -0.306 e. The fraction of sp³-hybridized carbons (Fsp3) is 0.867. The summed E-state index contributed by atoms with van der Waals surface area (Å²) < 4.78 is 0. The highest BCUT2D eigenvalue weighted by atomic mass is 16.2. The van der Waals surface area contributed by atoms with Crippen molar-refractivity contribution in [2.75, 3.05) is 20.1 Å². The molecule has 3 rings (SSSR count). The van der Waals surface area contributed by atoms with E-state index >= 15 is 0 Å². The number of imide groups is 1. The molecule has 1 saturated carbocycles. The summed E-state index contributed by atoms with van der Waals surface area (Å²) in [4.78, 5) is 29.0. The van der Waals surface area contributed by atoms with Crippen LogP contribution in [0.15, 0.2) is 0 Å². The number of hydrogen-bond acceptors (Lipinski definition) is 3. The van der Waals surface area contributed by atoms with E-state index in [0.29, 0.717) is 6.42 Å². The molecule has 3 aliphatic rings. The predicted molar refractivity (Wildman–Crippen MR) is 72.5 cm³/mol. The third kappa shape index (κ3) is 2.20. The van der Waals surface area contributed by atoms with E-state index in [9.17, 15) is 9.59 Å². The largest absolute Gasteiger partial charge is 0.306 e. The molecule has 19 heavy (non-hydrogen) atoms. The van der Waals surface area contributed by atoms with E-state index in [1.165, 1.54) is 6.42 Å². The number of carbonyl (C=O) groups is 2. The Morgan fingerprint density at radius 1 is 1.05 bits per heavy atom. The Kier molecular flexibility index (Phi) is 3.37. The van der Waals surface area contributed by atoms with Gasteiger partial charge in [0.15, 0.2) is 0 Å². The third-order valence-electron chi connectivity index (χ3n) is 5.31. The van der Waals surface area contributed by atoms with Crippen molar-refractivity contribution < 1.29 is 9.59 Å². The first-order chi connectivity index (χ1) is 9.12. The van der Waals surface area contributed by atoms with Crippen LogP contribution in [0.1, 0.15) is 51.4 Å². The summed E-state index contributed by atoms with van der Waals surface area (Å²) in [5.41, 5.74) is -0.346. The first-order valence-electron chi connectivity index (χ1n) is 7.67. The summed E-state index contributed by atoms with van der Waals surface area (Å²) in [5.74, 6) is 0.249. The highest BCUT2D eigenvalue weighted by Crippen LogP contribution is 2.44.